The molecule has 0 heterocycles. The number of benzene rings is 1. The van der Waals surface area contributed by atoms with E-state index in [1.54, 1.807) is 17.8 Å². The van der Waals surface area contributed by atoms with Crippen LogP contribution in [-0.2, 0) is 0 Å². The molecule has 1 aromatic carbocycles. The van der Waals surface area contributed by atoms with Gasteiger partial charge >= 0.3 is 0 Å². The summed E-state index contributed by atoms with van der Waals surface area (Å²) in [7, 11) is 0. The van der Waals surface area contributed by atoms with E-state index >= 15 is 0 Å². The van der Waals surface area contributed by atoms with Gasteiger partial charge in [-0.2, -0.15) is 0 Å². The summed E-state index contributed by atoms with van der Waals surface area (Å²) in [6.07, 6.45) is 2.35. The Kier molecular flexibility index (Phi) is 5.44. The minimum absolute atomic E-state index is 0.413. The van der Waals surface area contributed by atoms with E-state index in [1.165, 1.54) is 18.6 Å². The minimum atomic E-state index is -0.775. The van der Waals surface area contributed by atoms with Crippen molar-refractivity contribution in [2.45, 2.75) is 49.8 Å². The Morgan fingerprint density at radius 3 is 2.60 bits per heavy atom. The van der Waals surface area contributed by atoms with Crippen molar-refractivity contribution in [2.24, 2.45) is 11.8 Å². The van der Waals surface area contributed by atoms with E-state index in [9.17, 15) is 8.78 Å². The molecule has 1 aromatic rings. The summed E-state index contributed by atoms with van der Waals surface area (Å²) >= 11 is 1.68. The van der Waals surface area contributed by atoms with Gasteiger partial charge in [-0.05, 0) is 49.4 Å². The zero-order valence-corrected chi connectivity index (χ0v) is 13.1. The Bertz CT molecular complexity index is 452. The molecule has 2 rings (SSSR count). The highest BCUT2D eigenvalue weighted by Gasteiger charge is 2.34. The monoisotopic (exact) mass is 299 g/mol. The summed E-state index contributed by atoms with van der Waals surface area (Å²) in [6, 6.07) is 4.65. The van der Waals surface area contributed by atoms with Crippen molar-refractivity contribution < 1.29 is 8.78 Å². The second kappa shape index (κ2) is 6.90. The molecule has 0 saturated heterocycles. The second-order valence-corrected chi connectivity index (χ2v) is 7.13. The fourth-order valence-electron chi connectivity index (χ4n) is 3.20. The summed E-state index contributed by atoms with van der Waals surface area (Å²) < 4.78 is 26.3. The SMILES string of the molecule is CCNC1CC(C)CC(C)C1Sc1ccc(F)c(F)c1. The van der Waals surface area contributed by atoms with Gasteiger partial charge in [0.25, 0.3) is 0 Å². The zero-order chi connectivity index (χ0) is 14.7. The van der Waals surface area contributed by atoms with Crippen molar-refractivity contribution in [3.05, 3.63) is 29.8 Å². The van der Waals surface area contributed by atoms with Crippen LogP contribution in [0.5, 0.6) is 0 Å². The molecule has 112 valence electrons. The molecular formula is C16H23F2NS. The lowest BCUT2D eigenvalue weighted by Gasteiger charge is -2.39. The third-order valence-corrected chi connectivity index (χ3v) is 5.61. The average molecular weight is 299 g/mol. The van der Waals surface area contributed by atoms with Gasteiger partial charge in [0.15, 0.2) is 11.6 Å². The number of thioether (sulfide) groups is 1. The predicted molar refractivity (Wildman–Crippen MR) is 81.0 cm³/mol. The minimum Gasteiger partial charge on any atom is -0.313 e. The van der Waals surface area contributed by atoms with Crippen molar-refractivity contribution in [3.63, 3.8) is 0 Å². The van der Waals surface area contributed by atoms with Gasteiger partial charge in [0.1, 0.15) is 0 Å². The number of rotatable bonds is 4. The van der Waals surface area contributed by atoms with E-state index in [-0.39, 0.29) is 0 Å². The predicted octanol–water partition coefficient (Wildman–Crippen LogP) is 4.47. The lowest BCUT2D eigenvalue weighted by Crippen LogP contribution is -2.46. The summed E-state index contributed by atoms with van der Waals surface area (Å²) in [4.78, 5) is 0.818. The van der Waals surface area contributed by atoms with Crippen molar-refractivity contribution in [2.75, 3.05) is 6.54 Å². The van der Waals surface area contributed by atoms with Crippen LogP contribution in [0.1, 0.15) is 33.6 Å². The van der Waals surface area contributed by atoms with Crippen molar-refractivity contribution in [1.82, 2.24) is 5.32 Å². The molecule has 1 nitrogen and oxygen atoms in total. The van der Waals surface area contributed by atoms with Crippen LogP contribution >= 0.6 is 11.8 Å². The highest BCUT2D eigenvalue weighted by atomic mass is 32.2. The molecule has 1 N–H and O–H groups in total. The van der Waals surface area contributed by atoms with Crippen LogP contribution in [0.15, 0.2) is 23.1 Å². The van der Waals surface area contributed by atoms with Gasteiger partial charge in [-0.15, -0.1) is 11.8 Å². The van der Waals surface area contributed by atoms with Crippen LogP contribution in [0, 0.1) is 23.5 Å². The highest BCUT2D eigenvalue weighted by molar-refractivity contribution is 8.00. The Balaban J connectivity index is 2.13. The molecule has 4 unspecified atom stereocenters. The van der Waals surface area contributed by atoms with Gasteiger partial charge in [0, 0.05) is 16.2 Å². The molecule has 20 heavy (non-hydrogen) atoms. The van der Waals surface area contributed by atoms with Gasteiger partial charge in [-0.3, -0.25) is 0 Å². The number of halogens is 2. The number of hydrogen-bond donors (Lipinski definition) is 1. The van der Waals surface area contributed by atoms with E-state index in [2.05, 4.69) is 26.1 Å². The summed E-state index contributed by atoms with van der Waals surface area (Å²) in [5, 5.41) is 3.97. The number of hydrogen-bond acceptors (Lipinski definition) is 2. The summed E-state index contributed by atoms with van der Waals surface area (Å²) in [5.74, 6) is -0.244. The summed E-state index contributed by atoms with van der Waals surface area (Å²) in [5.41, 5.74) is 0. The molecule has 1 fully saturated rings. The Morgan fingerprint density at radius 1 is 1.20 bits per heavy atom. The van der Waals surface area contributed by atoms with Crippen LogP contribution in [-0.4, -0.2) is 17.8 Å². The van der Waals surface area contributed by atoms with Crippen molar-refractivity contribution in [3.8, 4) is 0 Å². The molecule has 0 aliphatic heterocycles. The molecule has 0 amide bonds. The first kappa shape index (κ1) is 15.8. The topological polar surface area (TPSA) is 12.0 Å². The van der Waals surface area contributed by atoms with Crippen LogP contribution in [0.3, 0.4) is 0 Å². The Morgan fingerprint density at radius 2 is 1.95 bits per heavy atom. The van der Waals surface area contributed by atoms with E-state index in [1.807, 2.05) is 0 Å². The zero-order valence-electron chi connectivity index (χ0n) is 12.3. The lowest BCUT2D eigenvalue weighted by atomic mass is 9.80. The molecule has 1 saturated carbocycles. The highest BCUT2D eigenvalue weighted by Crippen LogP contribution is 2.39. The standard InChI is InChI=1S/C16H23F2NS/c1-4-19-15-8-10(2)7-11(3)16(15)20-12-5-6-13(17)14(18)9-12/h5-6,9-11,15-16,19H,4,7-8H2,1-3H3. The van der Waals surface area contributed by atoms with E-state index < -0.39 is 11.6 Å². The Hall–Kier alpha value is -0.610. The molecule has 0 radical (unpaired) electrons. The first-order valence-corrected chi connectivity index (χ1v) is 8.24. The quantitative estimate of drug-likeness (QED) is 0.880. The third-order valence-electron chi connectivity index (χ3n) is 4.02. The van der Waals surface area contributed by atoms with E-state index in [0.717, 1.165) is 23.8 Å². The fraction of sp³-hybridized carbons (Fsp3) is 0.625. The van der Waals surface area contributed by atoms with Crippen LogP contribution in [0.2, 0.25) is 0 Å². The van der Waals surface area contributed by atoms with Gasteiger partial charge in [0.05, 0.1) is 0 Å². The van der Waals surface area contributed by atoms with Gasteiger partial charge < -0.3 is 5.32 Å². The second-order valence-electron chi connectivity index (χ2n) is 5.88. The van der Waals surface area contributed by atoms with Crippen molar-refractivity contribution >= 4 is 11.8 Å². The molecule has 1 aliphatic rings. The first-order chi connectivity index (χ1) is 9.51. The molecule has 0 spiro atoms. The van der Waals surface area contributed by atoms with Crippen LogP contribution in [0.4, 0.5) is 8.78 Å². The molecule has 4 heteroatoms. The molecule has 4 atom stereocenters. The average Bonchev–Trinajstić information content (AvgIpc) is 2.38. The smallest absolute Gasteiger partial charge is 0.159 e. The molecule has 0 aromatic heterocycles. The van der Waals surface area contributed by atoms with Gasteiger partial charge in [-0.25, -0.2) is 8.78 Å². The Labute approximate surface area is 124 Å². The van der Waals surface area contributed by atoms with Crippen molar-refractivity contribution in [1.29, 1.82) is 0 Å². The van der Waals surface area contributed by atoms with Crippen LogP contribution < -0.4 is 5.32 Å². The maximum atomic E-state index is 13.3. The molecule has 0 bridgehead atoms. The van der Waals surface area contributed by atoms with Gasteiger partial charge in [0.2, 0.25) is 0 Å². The first-order valence-electron chi connectivity index (χ1n) is 7.36. The maximum Gasteiger partial charge on any atom is 0.159 e. The largest absolute Gasteiger partial charge is 0.313 e. The lowest BCUT2D eigenvalue weighted by molar-refractivity contribution is 0.251. The fourth-order valence-corrected chi connectivity index (χ4v) is 4.54. The van der Waals surface area contributed by atoms with Crippen LogP contribution in [0.25, 0.3) is 0 Å². The number of nitrogens with one attached hydrogen (secondary N) is 1. The van der Waals surface area contributed by atoms with Gasteiger partial charge in [-0.1, -0.05) is 20.8 Å². The third kappa shape index (κ3) is 3.73. The van der Waals surface area contributed by atoms with E-state index in [4.69, 9.17) is 0 Å². The normalized spacial score (nSPS) is 30.4. The van der Waals surface area contributed by atoms with E-state index in [0.29, 0.717) is 17.2 Å². The molecular weight excluding hydrogens is 276 g/mol. The molecule has 1 aliphatic carbocycles. The maximum absolute atomic E-state index is 13.3. The summed E-state index contributed by atoms with van der Waals surface area (Å²) in [6.45, 7) is 7.61.